The van der Waals surface area contributed by atoms with Crippen molar-refractivity contribution in [3.63, 3.8) is 0 Å². The number of thiazole rings is 1. The SMILES string of the molecule is Cc1nc(SC(C)(C)C)sc1C. The minimum absolute atomic E-state index is 0.275. The molecule has 0 aliphatic carbocycles. The molecule has 0 aliphatic rings. The standard InChI is InChI=1S/C9H15NS2/c1-6-7(2)11-8(10-6)12-9(3,4)5/h1-5H3. The van der Waals surface area contributed by atoms with Crippen molar-refractivity contribution in [2.24, 2.45) is 0 Å². The van der Waals surface area contributed by atoms with Gasteiger partial charge in [-0.15, -0.1) is 11.3 Å². The van der Waals surface area contributed by atoms with Gasteiger partial charge in [0, 0.05) is 9.62 Å². The molecule has 12 heavy (non-hydrogen) atoms. The van der Waals surface area contributed by atoms with E-state index < -0.39 is 0 Å². The van der Waals surface area contributed by atoms with Crippen LogP contribution in [0.4, 0.5) is 0 Å². The number of nitrogens with zero attached hydrogens (tertiary/aromatic N) is 1. The molecule has 3 heteroatoms. The Morgan fingerprint density at radius 2 is 1.83 bits per heavy atom. The molecule has 0 N–H and O–H groups in total. The lowest BCUT2D eigenvalue weighted by molar-refractivity contribution is 0.801. The molecular weight excluding hydrogens is 186 g/mol. The van der Waals surface area contributed by atoms with Gasteiger partial charge < -0.3 is 0 Å². The molecule has 1 nitrogen and oxygen atoms in total. The van der Waals surface area contributed by atoms with E-state index in [9.17, 15) is 0 Å². The van der Waals surface area contributed by atoms with Crippen LogP contribution < -0.4 is 0 Å². The Kier molecular flexibility index (Phi) is 2.84. The Morgan fingerprint density at radius 3 is 2.17 bits per heavy atom. The molecule has 0 saturated carbocycles. The van der Waals surface area contributed by atoms with Crippen LogP contribution in [0.1, 0.15) is 31.3 Å². The first-order valence-corrected chi connectivity index (χ1v) is 5.65. The Labute approximate surface area is 82.6 Å². The molecule has 0 aromatic carbocycles. The highest BCUT2D eigenvalue weighted by atomic mass is 32.2. The van der Waals surface area contributed by atoms with Gasteiger partial charge in [0.05, 0.1) is 5.69 Å². The molecule has 0 unspecified atom stereocenters. The van der Waals surface area contributed by atoms with E-state index in [1.54, 1.807) is 11.3 Å². The maximum Gasteiger partial charge on any atom is 0.150 e. The maximum absolute atomic E-state index is 4.48. The van der Waals surface area contributed by atoms with Crippen molar-refractivity contribution in [3.05, 3.63) is 10.6 Å². The molecule has 1 heterocycles. The normalized spacial score (nSPS) is 12.1. The average Bonchev–Trinajstić information content (AvgIpc) is 2.07. The molecule has 0 radical (unpaired) electrons. The van der Waals surface area contributed by atoms with Gasteiger partial charge in [0.2, 0.25) is 0 Å². The summed E-state index contributed by atoms with van der Waals surface area (Å²) in [7, 11) is 0. The molecule has 0 aliphatic heterocycles. The van der Waals surface area contributed by atoms with Gasteiger partial charge in [0.15, 0.2) is 4.34 Å². The van der Waals surface area contributed by atoms with Gasteiger partial charge in [-0.25, -0.2) is 4.98 Å². The van der Waals surface area contributed by atoms with E-state index in [1.165, 1.54) is 14.9 Å². The molecule has 0 fully saturated rings. The van der Waals surface area contributed by atoms with Crippen molar-refractivity contribution in [1.29, 1.82) is 0 Å². The van der Waals surface area contributed by atoms with Gasteiger partial charge in [-0.1, -0.05) is 32.5 Å². The van der Waals surface area contributed by atoms with Crippen molar-refractivity contribution >= 4 is 23.1 Å². The molecule has 0 atom stereocenters. The van der Waals surface area contributed by atoms with Gasteiger partial charge in [0.25, 0.3) is 0 Å². The Balaban J connectivity index is 2.77. The summed E-state index contributed by atoms with van der Waals surface area (Å²) in [6.07, 6.45) is 0. The van der Waals surface area contributed by atoms with Crippen molar-refractivity contribution in [1.82, 2.24) is 4.98 Å². The zero-order valence-corrected chi connectivity index (χ0v) is 9.90. The fourth-order valence-corrected chi connectivity index (χ4v) is 3.38. The second-order valence-electron chi connectivity index (χ2n) is 3.84. The number of aryl methyl sites for hydroxylation is 2. The summed E-state index contributed by atoms with van der Waals surface area (Å²) >= 11 is 3.64. The first-order chi connectivity index (χ1) is 5.38. The molecule has 0 spiro atoms. The second kappa shape index (κ2) is 3.38. The van der Waals surface area contributed by atoms with Crippen LogP contribution in [0.25, 0.3) is 0 Å². The summed E-state index contributed by atoms with van der Waals surface area (Å²) in [4.78, 5) is 5.81. The molecule has 1 aromatic heterocycles. The summed E-state index contributed by atoms with van der Waals surface area (Å²) < 4.78 is 1.47. The third kappa shape index (κ3) is 2.79. The average molecular weight is 201 g/mol. The number of aromatic nitrogens is 1. The lowest BCUT2D eigenvalue weighted by atomic mass is 10.3. The first-order valence-electron chi connectivity index (χ1n) is 4.01. The van der Waals surface area contributed by atoms with Crippen LogP contribution in [0.2, 0.25) is 0 Å². The third-order valence-corrected chi connectivity index (χ3v) is 3.65. The van der Waals surface area contributed by atoms with Crippen LogP contribution in [0, 0.1) is 13.8 Å². The van der Waals surface area contributed by atoms with Gasteiger partial charge >= 0.3 is 0 Å². The van der Waals surface area contributed by atoms with Crippen molar-refractivity contribution in [2.75, 3.05) is 0 Å². The van der Waals surface area contributed by atoms with Crippen LogP contribution in [0.15, 0.2) is 4.34 Å². The van der Waals surface area contributed by atoms with E-state index in [0.717, 1.165) is 0 Å². The number of rotatable bonds is 1. The summed E-state index contributed by atoms with van der Waals surface area (Å²) in [5, 5.41) is 0. The smallest absolute Gasteiger partial charge is 0.150 e. The molecule has 1 rings (SSSR count). The molecule has 1 aromatic rings. The molecule has 0 amide bonds. The monoisotopic (exact) mass is 201 g/mol. The quantitative estimate of drug-likeness (QED) is 0.643. The van der Waals surface area contributed by atoms with E-state index in [-0.39, 0.29) is 4.75 Å². The van der Waals surface area contributed by atoms with E-state index in [2.05, 4.69) is 39.6 Å². The van der Waals surface area contributed by atoms with Crippen molar-refractivity contribution in [3.8, 4) is 0 Å². The highest BCUT2D eigenvalue weighted by Crippen LogP contribution is 2.35. The van der Waals surface area contributed by atoms with Crippen LogP contribution >= 0.6 is 23.1 Å². The summed E-state index contributed by atoms with van der Waals surface area (Å²) in [6.45, 7) is 10.8. The summed E-state index contributed by atoms with van der Waals surface area (Å²) in [6, 6.07) is 0. The minimum Gasteiger partial charge on any atom is -0.235 e. The van der Waals surface area contributed by atoms with E-state index in [4.69, 9.17) is 0 Å². The Morgan fingerprint density at radius 1 is 1.25 bits per heavy atom. The van der Waals surface area contributed by atoms with Gasteiger partial charge in [-0.2, -0.15) is 0 Å². The van der Waals surface area contributed by atoms with E-state index in [1.807, 2.05) is 11.8 Å². The molecular formula is C9H15NS2. The predicted molar refractivity (Wildman–Crippen MR) is 57.2 cm³/mol. The zero-order chi connectivity index (χ0) is 9.35. The van der Waals surface area contributed by atoms with Crippen LogP contribution in [-0.2, 0) is 0 Å². The number of hydrogen-bond acceptors (Lipinski definition) is 3. The summed E-state index contributed by atoms with van der Waals surface area (Å²) in [5.74, 6) is 0. The lowest BCUT2D eigenvalue weighted by Gasteiger charge is -2.14. The highest BCUT2D eigenvalue weighted by molar-refractivity contribution is 8.02. The third-order valence-electron chi connectivity index (χ3n) is 1.40. The van der Waals surface area contributed by atoms with Crippen LogP contribution in [-0.4, -0.2) is 9.73 Å². The topological polar surface area (TPSA) is 12.9 Å². The molecule has 0 bridgehead atoms. The van der Waals surface area contributed by atoms with Gasteiger partial charge in [0.1, 0.15) is 0 Å². The fourth-order valence-electron chi connectivity index (χ4n) is 0.749. The first kappa shape index (κ1) is 10.1. The van der Waals surface area contributed by atoms with Crippen molar-refractivity contribution < 1.29 is 0 Å². The Bertz CT molecular complexity index is 251. The Hall–Kier alpha value is -0.0200. The van der Waals surface area contributed by atoms with E-state index >= 15 is 0 Å². The zero-order valence-electron chi connectivity index (χ0n) is 8.26. The number of thioether (sulfide) groups is 1. The van der Waals surface area contributed by atoms with Gasteiger partial charge in [-0.3, -0.25) is 0 Å². The van der Waals surface area contributed by atoms with Gasteiger partial charge in [-0.05, 0) is 13.8 Å². The van der Waals surface area contributed by atoms with Crippen LogP contribution in [0.3, 0.4) is 0 Å². The predicted octanol–water partition coefficient (Wildman–Crippen LogP) is 3.65. The molecule has 0 saturated heterocycles. The number of hydrogen-bond donors (Lipinski definition) is 0. The second-order valence-corrected chi connectivity index (χ2v) is 7.11. The van der Waals surface area contributed by atoms with E-state index in [0.29, 0.717) is 0 Å². The lowest BCUT2D eigenvalue weighted by Crippen LogP contribution is -2.06. The van der Waals surface area contributed by atoms with Crippen molar-refractivity contribution in [2.45, 2.75) is 43.7 Å². The highest BCUT2D eigenvalue weighted by Gasteiger charge is 2.15. The summed E-state index contributed by atoms with van der Waals surface area (Å²) in [5.41, 5.74) is 1.17. The van der Waals surface area contributed by atoms with Crippen LogP contribution in [0.5, 0.6) is 0 Å². The maximum atomic E-state index is 4.48. The minimum atomic E-state index is 0.275. The largest absolute Gasteiger partial charge is 0.235 e. The fraction of sp³-hybridized carbons (Fsp3) is 0.667. The molecule has 68 valence electrons.